The van der Waals surface area contributed by atoms with Crippen molar-refractivity contribution in [3.63, 3.8) is 0 Å². The van der Waals surface area contributed by atoms with Crippen molar-refractivity contribution < 1.29 is 0 Å². The van der Waals surface area contributed by atoms with Crippen LogP contribution in [0.2, 0.25) is 0 Å². The summed E-state index contributed by atoms with van der Waals surface area (Å²) in [5.74, 6) is 1.17. The molecule has 3 heterocycles. The average Bonchev–Trinajstić information content (AvgIpc) is 3.15. The molecule has 4 rings (SSSR count). The Morgan fingerprint density at radius 1 is 1.03 bits per heavy atom. The molecule has 0 aliphatic rings. The molecule has 0 saturated carbocycles. The van der Waals surface area contributed by atoms with Crippen LogP contribution in [0.15, 0.2) is 30.6 Å². The molecule has 0 amide bonds. The maximum atomic E-state index is 5.94. The zero-order valence-electron chi connectivity index (χ0n) is 16.4. The van der Waals surface area contributed by atoms with Crippen molar-refractivity contribution in [2.24, 2.45) is 0 Å². The number of imidazole rings is 1. The number of nitrogen functional groups attached to an aromatic ring is 2. The second-order valence-electron chi connectivity index (χ2n) is 6.90. The van der Waals surface area contributed by atoms with E-state index in [9.17, 15) is 0 Å². The van der Waals surface area contributed by atoms with Gasteiger partial charge in [-0.25, -0.2) is 15.0 Å². The van der Waals surface area contributed by atoms with Crippen LogP contribution in [0.3, 0.4) is 0 Å². The molecule has 0 unspecified atom stereocenters. The van der Waals surface area contributed by atoms with Crippen LogP contribution in [-0.4, -0.2) is 36.4 Å². The predicted octanol–water partition coefficient (Wildman–Crippen LogP) is 2.64. The highest BCUT2D eigenvalue weighted by molar-refractivity contribution is 5.73. The molecular weight excluding hydrogens is 366 g/mol. The molecule has 0 radical (unpaired) electrons. The number of nitrogens with zero attached hydrogens (tertiary/aromatic N) is 5. The van der Waals surface area contributed by atoms with Crippen molar-refractivity contribution in [2.75, 3.05) is 23.3 Å². The number of nitrogens with two attached hydrogens (primary N) is 2. The molecule has 0 fully saturated rings. The molecular formula is C20H23N9. The molecule has 0 bridgehead atoms. The largest absolute Gasteiger partial charge is 0.370 e. The summed E-state index contributed by atoms with van der Waals surface area (Å²) in [5.41, 5.74) is 18.2. The number of benzene rings is 1. The molecule has 3 aromatic heterocycles. The van der Waals surface area contributed by atoms with E-state index in [1.54, 1.807) is 6.33 Å². The van der Waals surface area contributed by atoms with E-state index in [2.05, 4.69) is 55.1 Å². The fraction of sp³-hybridized carbons (Fsp3) is 0.250. The van der Waals surface area contributed by atoms with E-state index in [-0.39, 0.29) is 11.9 Å². The van der Waals surface area contributed by atoms with Crippen molar-refractivity contribution in [1.29, 1.82) is 0 Å². The Labute approximate surface area is 168 Å². The molecule has 9 heteroatoms. The molecule has 6 N–H and O–H groups in total. The van der Waals surface area contributed by atoms with Gasteiger partial charge in [-0.05, 0) is 37.8 Å². The van der Waals surface area contributed by atoms with E-state index < -0.39 is 0 Å². The SMILES string of the molecule is Cc1cccc(-c2cc(NCCCc3nc(N)nc4nc[nH]c34)nc(N)n2)c1C. The van der Waals surface area contributed by atoms with Gasteiger partial charge in [0.15, 0.2) is 5.65 Å². The molecule has 9 nitrogen and oxygen atoms in total. The monoisotopic (exact) mass is 389 g/mol. The van der Waals surface area contributed by atoms with Crippen LogP contribution in [0.4, 0.5) is 17.7 Å². The highest BCUT2D eigenvalue weighted by Crippen LogP contribution is 2.26. The summed E-state index contributed by atoms with van der Waals surface area (Å²) in [6.45, 7) is 4.86. The van der Waals surface area contributed by atoms with Gasteiger partial charge in [-0.3, -0.25) is 0 Å². The van der Waals surface area contributed by atoms with Crippen molar-refractivity contribution in [1.82, 2.24) is 29.9 Å². The van der Waals surface area contributed by atoms with Gasteiger partial charge in [0, 0.05) is 18.2 Å². The van der Waals surface area contributed by atoms with E-state index in [1.807, 2.05) is 18.2 Å². The van der Waals surface area contributed by atoms with Crippen LogP contribution in [0, 0.1) is 13.8 Å². The first-order valence-electron chi connectivity index (χ1n) is 9.42. The van der Waals surface area contributed by atoms with Crippen LogP contribution in [0.5, 0.6) is 0 Å². The lowest BCUT2D eigenvalue weighted by Gasteiger charge is -2.11. The molecule has 4 aromatic rings. The molecule has 1 aromatic carbocycles. The zero-order valence-corrected chi connectivity index (χ0v) is 16.4. The molecule has 0 aliphatic heterocycles. The Kier molecular flexibility index (Phi) is 4.94. The predicted molar refractivity (Wildman–Crippen MR) is 114 cm³/mol. The van der Waals surface area contributed by atoms with E-state index >= 15 is 0 Å². The second-order valence-corrected chi connectivity index (χ2v) is 6.90. The van der Waals surface area contributed by atoms with Crippen molar-refractivity contribution in [2.45, 2.75) is 26.7 Å². The Bertz CT molecular complexity index is 1170. The van der Waals surface area contributed by atoms with Crippen LogP contribution >= 0.6 is 0 Å². The van der Waals surface area contributed by atoms with Crippen LogP contribution in [0.25, 0.3) is 22.4 Å². The average molecular weight is 389 g/mol. The van der Waals surface area contributed by atoms with E-state index in [0.29, 0.717) is 18.0 Å². The third-order valence-electron chi connectivity index (χ3n) is 4.90. The molecule has 0 aliphatic carbocycles. The lowest BCUT2D eigenvalue weighted by molar-refractivity contribution is 0.836. The van der Waals surface area contributed by atoms with Gasteiger partial charge in [0.2, 0.25) is 11.9 Å². The van der Waals surface area contributed by atoms with Gasteiger partial charge >= 0.3 is 0 Å². The standard InChI is InChI=1S/C20H23N9/c1-11-5-3-6-13(12(11)2)15-9-16(28-19(21)27-15)23-8-4-7-14-17-18(25-10-24-17)29-20(22)26-14/h3,5-6,9-10H,4,7-8H2,1-2H3,(H3,21,23,27,28)(H3,22,24,25,26,29). The summed E-state index contributed by atoms with van der Waals surface area (Å²) in [7, 11) is 0. The minimum atomic E-state index is 0.231. The Hall–Kier alpha value is -3.75. The number of H-pyrrole nitrogens is 1. The van der Waals surface area contributed by atoms with Crippen molar-refractivity contribution >= 4 is 28.9 Å². The lowest BCUT2D eigenvalue weighted by atomic mass is 10.0. The van der Waals surface area contributed by atoms with Gasteiger partial charge in [-0.15, -0.1) is 0 Å². The van der Waals surface area contributed by atoms with E-state index in [0.717, 1.165) is 35.3 Å². The summed E-state index contributed by atoms with van der Waals surface area (Å²) in [5, 5.41) is 3.32. The normalized spacial score (nSPS) is 11.1. The quantitative estimate of drug-likeness (QED) is 0.368. The number of aryl methyl sites for hydroxylation is 2. The smallest absolute Gasteiger partial charge is 0.222 e. The number of anilines is 3. The van der Waals surface area contributed by atoms with Crippen LogP contribution in [-0.2, 0) is 6.42 Å². The Morgan fingerprint density at radius 2 is 1.86 bits per heavy atom. The fourth-order valence-corrected chi connectivity index (χ4v) is 3.29. The number of fused-ring (bicyclic) bond motifs is 1. The zero-order chi connectivity index (χ0) is 20.4. The first-order chi connectivity index (χ1) is 14.0. The van der Waals surface area contributed by atoms with Gasteiger partial charge < -0.3 is 21.8 Å². The number of aromatic amines is 1. The minimum absolute atomic E-state index is 0.231. The third-order valence-corrected chi connectivity index (χ3v) is 4.90. The van der Waals surface area contributed by atoms with Gasteiger partial charge in [0.1, 0.15) is 11.3 Å². The fourth-order valence-electron chi connectivity index (χ4n) is 3.29. The number of hydrogen-bond acceptors (Lipinski definition) is 8. The maximum absolute atomic E-state index is 5.94. The van der Waals surface area contributed by atoms with Gasteiger partial charge in [0.05, 0.1) is 17.7 Å². The second kappa shape index (κ2) is 7.70. The molecule has 0 atom stereocenters. The Balaban J connectivity index is 1.45. The van der Waals surface area contributed by atoms with E-state index in [4.69, 9.17) is 11.5 Å². The van der Waals surface area contributed by atoms with Gasteiger partial charge in [0.25, 0.3) is 0 Å². The summed E-state index contributed by atoms with van der Waals surface area (Å²) >= 11 is 0. The highest BCUT2D eigenvalue weighted by atomic mass is 15.1. The topological polar surface area (TPSA) is 144 Å². The van der Waals surface area contributed by atoms with E-state index in [1.165, 1.54) is 11.1 Å². The third kappa shape index (κ3) is 3.93. The van der Waals surface area contributed by atoms with Gasteiger partial charge in [-0.2, -0.15) is 9.97 Å². The number of rotatable bonds is 6. The first kappa shape index (κ1) is 18.6. The lowest BCUT2D eigenvalue weighted by Crippen LogP contribution is -2.09. The van der Waals surface area contributed by atoms with Crippen LogP contribution < -0.4 is 16.8 Å². The molecule has 29 heavy (non-hydrogen) atoms. The number of aromatic nitrogens is 6. The first-order valence-corrected chi connectivity index (χ1v) is 9.42. The highest BCUT2D eigenvalue weighted by Gasteiger charge is 2.10. The summed E-state index contributed by atoms with van der Waals surface area (Å²) in [6, 6.07) is 8.07. The molecule has 0 saturated heterocycles. The molecule has 148 valence electrons. The van der Waals surface area contributed by atoms with Gasteiger partial charge in [-0.1, -0.05) is 18.2 Å². The Morgan fingerprint density at radius 3 is 2.72 bits per heavy atom. The molecule has 0 spiro atoms. The number of nitrogens with one attached hydrogen (secondary N) is 2. The van der Waals surface area contributed by atoms with Crippen molar-refractivity contribution in [3.8, 4) is 11.3 Å². The number of hydrogen-bond donors (Lipinski definition) is 4. The summed E-state index contributed by atoms with van der Waals surface area (Å²) in [6.07, 6.45) is 3.15. The summed E-state index contributed by atoms with van der Waals surface area (Å²) in [4.78, 5) is 24.4. The minimum Gasteiger partial charge on any atom is -0.370 e. The van der Waals surface area contributed by atoms with Crippen LogP contribution in [0.1, 0.15) is 23.2 Å². The maximum Gasteiger partial charge on any atom is 0.222 e. The summed E-state index contributed by atoms with van der Waals surface area (Å²) < 4.78 is 0. The van der Waals surface area contributed by atoms with Crippen molar-refractivity contribution in [3.05, 3.63) is 47.4 Å².